The Balaban J connectivity index is 1.05. The Morgan fingerprint density at radius 2 is 0.463 bits per heavy atom. The third kappa shape index (κ3) is 9.67. The summed E-state index contributed by atoms with van der Waals surface area (Å²) in [5, 5.41) is 0. The van der Waals surface area contributed by atoms with Crippen LogP contribution in [-0.2, 0) is 71.8 Å². The molecule has 0 unspecified atom stereocenters. The van der Waals surface area contributed by atoms with Crippen molar-refractivity contribution in [3.63, 3.8) is 0 Å². The molecule has 408 valence electrons. The molecule has 0 fully saturated rings. The maximum atomic E-state index is 6.84. The van der Waals surface area contributed by atoms with Crippen molar-refractivity contribution < 1.29 is 56.8 Å². The molecule has 8 aromatic rings. The third-order valence-electron chi connectivity index (χ3n) is 15.4. The number of hydrogen-bond acceptors (Lipinski definition) is 20. The lowest BCUT2D eigenvalue weighted by Crippen LogP contribution is -2.24. The van der Waals surface area contributed by atoms with Crippen LogP contribution in [0.1, 0.15) is 140 Å². The van der Waals surface area contributed by atoms with Crippen molar-refractivity contribution in [2.45, 2.75) is 104 Å². The van der Waals surface area contributed by atoms with E-state index in [0.717, 1.165) is 66.8 Å². The minimum absolute atomic E-state index is 0.111. The Hall–Kier alpha value is -8.56. The van der Waals surface area contributed by atoms with Gasteiger partial charge in [-0.05, 0) is 24.3 Å². The largest absolute Gasteiger partial charge is 0.457 e. The fourth-order valence-corrected chi connectivity index (χ4v) is 11.4. The highest BCUT2D eigenvalue weighted by Gasteiger charge is 2.39. The molecule has 80 heavy (non-hydrogen) atoms. The van der Waals surface area contributed by atoms with Crippen LogP contribution in [-0.4, -0.2) is 67.0 Å². The number of nitrogens with zero attached hydrogens (tertiary/aromatic N) is 8. The Kier molecular flexibility index (Phi) is 14.2. The van der Waals surface area contributed by atoms with E-state index in [1.54, 1.807) is 49.6 Å². The molecule has 8 heterocycles. The van der Waals surface area contributed by atoms with E-state index in [-0.39, 0.29) is 104 Å². The van der Waals surface area contributed by atoms with Crippen molar-refractivity contribution in [2.24, 2.45) is 0 Å². The fourth-order valence-electron chi connectivity index (χ4n) is 11.4. The van der Waals surface area contributed by atoms with Crippen LogP contribution in [0, 0.1) is 0 Å². The molecule has 4 aliphatic heterocycles. The van der Waals surface area contributed by atoms with Gasteiger partial charge in [-0.1, -0.05) is 27.7 Å². The lowest BCUT2D eigenvalue weighted by atomic mass is 9.78. The summed E-state index contributed by atoms with van der Waals surface area (Å²) in [6.07, 6.45) is 19.9. The van der Waals surface area contributed by atoms with Gasteiger partial charge in [0.1, 0.15) is 71.3 Å². The zero-order chi connectivity index (χ0) is 54.1. The smallest absolute Gasteiger partial charge is 0.230 e. The molecule has 0 N–H and O–H groups in total. The van der Waals surface area contributed by atoms with Crippen LogP contribution in [0.5, 0.6) is 46.0 Å². The molecule has 4 aromatic carbocycles. The molecular formula is C60H56N8O12. The summed E-state index contributed by atoms with van der Waals surface area (Å²) in [4.78, 5) is 33.8. The van der Waals surface area contributed by atoms with Gasteiger partial charge in [-0.15, -0.1) is 0 Å². The van der Waals surface area contributed by atoms with Gasteiger partial charge in [-0.2, -0.15) is 0 Å². The minimum Gasteiger partial charge on any atom is -0.457 e. The first kappa shape index (κ1) is 50.9. The molecule has 4 aromatic heterocycles. The summed E-state index contributed by atoms with van der Waals surface area (Å²) in [6, 6.07) is 8.85. The van der Waals surface area contributed by atoms with Gasteiger partial charge in [-0.25, -0.2) is 39.9 Å². The summed E-state index contributed by atoms with van der Waals surface area (Å²) in [6.45, 7) is 9.41. The molecule has 0 saturated heterocycles. The summed E-state index contributed by atoms with van der Waals surface area (Å²) in [5.41, 5.74) is 13.3. The van der Waals surface area contributed by atoms with E-state index in [1.165, 1.54) is 25.3 Å². The van der Waals surface area contributed by atoms with Gasteiger partial charge < -0.3 is 56.8 Å². The highest BCUT2D eigenvalue weighted by atomic mass is 16.7. The SMILES string of the molecule is CC1c2cc3c4c(COCc5cncnc5)c2OCOc2c1cc1c(c2COCc2cncnc2)OCOc2c(cc5c(c2COCc2cncnc2)OCOc2c(cc(c(c2COCc2cncnc2)OCO4)C3C)C5C)C1C. The Bertz CT molecular complexity index is 2980. The second kappa shape index (κ2) is 22.3. The summed E-state index contributed by atoms with van der Waals surface area (Å²) in [5.74, 6) is 3.25. The van der Waals surface area contributed by atoms with Crippen LogP contribution in [0.25, 0.3) is 0 Å². The predicted molar refractivity (Wildman–Crippen MR) is 282 cm³/mol. The maximum Gasteiger partial charge on any atom is 0.230 e. The molecule has 13 rings (SSSR count). The van der Waals surface area contributed by atoms with Crippen LogP contribution >= 0.6 is 0 Å². The van der Waals surface area contributed by atoms with E-state index in [9.17, 15) is 0 Å². The first-order chi connectivity index (χ1) is 39.4. The first-order valence-corrected chi connectivity index (χ1v) is 26.4. The molecular weight excluding hydrogens is 1020 g/mol. The molecule has 5 aliphatic rings. The fraction of sp³-hybridized carbons (Fsp3) is 0.333. The van der Waals surface area contributed by atoms with E-state index in [1.807, 2.05) is 0 Å². The lowest BCUT2D eigenvalue weighted by molar-refractivity contribution is 0.0669. The standard InChI is InChI=1S/C60H56N8O12/c1-33-41-5-43-34(2)45-7-47-36(4)48-8-46-35(3)44-6-42(33)54-50(22-70-18-38-11-63-26-64-12-38)56(44)76-31-78-58(46)52(24-72-20-40-15-67-28-68-16-40)60(48)80-32-79-59(47)51(23-71-19-39-13-65-27-66-14-39)57(45)77-30-75-55(43)49(53(41)73-29-74-54)21-69-17-37-9-61-25-62-10-37/h5-16,25-28,33-36H,17-24,29-32H2,1-4H3. The number of benzene rings is 4. The summed E-state index contributed by atoms with van der Waals surface area (Å²) in [7, 11) is 0. The van der Waals surface area contributed by atoms with E-state index in [0.29, 0.717) is 68.2 Å². The normalized spacial score (nSPS) is 17.9. The van der Waals surface area contributed by atoms with Crippen molar-refractivity contribution in [3.8, 4) is 46.0 Å². The quantitative estimate of drug-likeness (QED) is 0.0880. The topological polar surface area (TPSA) is 214 Å². The molecule has 8 bridgehead atoms. The van der Waals surface area contributed by atoms with E-state index in [4.69, 9.17) is 56.8 Å². The van der Waals surface area contributed by atoms with Crippen LogP contribution in [0.3, 0.4) is 0 Å². The Labute approximate surface area is 460 Å². The number of rotatable bonds is 16. The van der Waals surface area contributed by atoms with Crippen LogP contribution in [0.4, 0.5) is 0 Å². The van der Waals surface area contributed by atoms with Gasteiger partial charge in [0.05, 0.1) is 75.1 Å². The van der Waals surface area contributed by atoms with Crippen LogP contribution < -0.4 is 37.9 Å². The van der Waals surface area contributed by atoms with E-state index >= 15 is 0 Å². The van der Waals surface area contributed by atoms with Crippen molar-refractivity contribution in [3.05, 3.63) is 188 Å². The van der Waals surface area contributed by atoms with Gasteiger partial charge in [-0.3, -0.25) is 0 Å². The van der Waals surface area contributed by atoms with Crippen LogP contribution in [0.2, 0.25) is 0 Å². The third-order valence-corrected chi connectivity index (χ3v) is 15.4. The molecule has 0 atom stereocenters. The lowest BCUT2D eigenvalue weighted by Gasteiger charge is -2.36. The highest BCUT2D eigenvalue weighted by Crippen LogP contribution is 2.56. The van der Waals surface area contributed by atoms with E-state index in [2.05, 4.69) is 91.8 Å². The van der Waals surface area contributed by atoms with Gasteiger partial charge >= 0.3 is 0 Å². The van der Waals surface area contributed by atoms with Crippen molar-refractivity contribution in [2.75, 3.05) is 27.2 Å². The monoisotopic (exact) mass is 1080 g/mol. The Morgan fingerprint density at radius 1 is 0.287 bits per heavy atom. The molecule has 20 heteroatoms. The average Bonchev–Trinajstić information content (AvgIpc) is 3.48. The van der Waals surface area contributed by atoms with Gasteiger partial charge in [0, 0.05) is 140 Å². The number of hydrogen-bond donors (Lipinski definition) is 0. The van der Waals surface area contributed by atoms with Gasteiger partial charge in [0.15, 0.2) is 0 Å². The molecule has 1 aliphatic carbocycles. The van der Waals surface area contributed by atoms with Gasteiger partial charge in [0.2, 0.25) is 27.2 Å². The average molecular weight is 1080 g/mol. The molecule has 0 saturated carbocycles. The highest BCUT2D eigenvalue weighted by molar-refractivity contribution is 5.69. The number of ether oxygens (including phenoxy) is 12. The first-order valence-electron chi connectivity index (χ1n) is 26.4. The zero-order valence-electron chi connectivity index (χ0n) is 44.5. The van der Waals surface area contributed by atoms with Crippen LogP contribution in [0.15, 0.2) is 99.1 Å². The maximum absolute atomic E-state index is 6.84. The predicted octanol–water partition coefficient (Wildman–Crippen LogP) is 9.55. The second-order valence-corrected chi connectivity index (χ2v) is 20.2. The summed E-state index contributed by atoms with van der Waals surface area (Å²) < 4.78 is 80.9. The zero-order valence-corrected chi connectivity index (χ0v) is 44.5. The molecule has 20 nitrogen and oxygen atoms in total. The second-order valence-electron chi connectivity index (χ2n) is 20.2. The Morgan fingerprint density at radius 3 is 0.637 bits per heavy atom. The van der Waals surface area contributed by atoms with Crippen molar-refractivity contribution in [1.82, 2.24) is 39.9 Å². The molecule has 0 radical (unpaired) electrons. The van der Waals surface area contributed by atoms with E-state index < -0.39 is 0 Å². The minimum atomic E-state index is -0.353. The molecule has 0 amide bonds. The summed E-state index contributed by atoms with van der Waals surface area (Å²) >= 11 is 0. The molecule has 0 spiro atoms. The van der Waals surface area contributed by atoms with Crippen molar-refractivity contribution >= 4 is 0 Å². The number of aromatic nitrogens is 8. The van der Waals surface area contributed by atoms with Crippen molar-refractivity contribution in [1.29, 1.82) is 0 Å². The van der Waals surface area contributed by atoms with Gasteiger partial charge in [0.25, 0.3) is 0 Å².